The molecule has 3 heterocycles. The van der Waals surface area contributed by atoms with Crippen LogP contribution in [0.25, 0.3) is 5.65 Å². The van der Waals surface area contributed by atoms with Gasteiger partial charge in [-0.1, -0.05) is 12.5 Å². The Morgan fingerprint density at radius 2 is 2.07 bits per heavy atom. The van der Waals surface area contributed by atoms with E-state index in [-0.39, 0.29) is 24.0 Å². The van der Waals surface area contributed by atoms with Crippen LogP contribution in [-0.2, 0) is 6.42 Å². The summed E-state index contributed by atoms with van der Waals surface area (Å²) in [5.74, 6) is 1.81. The van der Waals surface area contributed by atoms with Gasteiger partial charge in [0.05, 0.1) is 0 Å². The molecule has 1 fully saturated rings. The van der Waals surface area contributed by atoms with Gasteiger partial charge in [0.15, 0.2) is 11.6 Å². The van der Waals surface area contributed by atoms with Gasteiger partial charge in [0, 0.05) is 45.3 Å². The van der Waals surface area contributed by atoms with Crippen molar-refractivity contribution in [2.75, 3.05) is 33.2 Å². The van der Waals surface area contributed by atoms with Gasteiger partial charge in [-0.2, -0.15) is 0 Å². The lowest BCUT2D eigenvalue weighted by Crippen LogP contribution is -2.41. The Bertz CT molecular complexity index is 715. The van der Waals surface area contributed by atoms with E-state index in [0.717, 1.165) is 55.9 Å². The molecule has 1 saturated heterocycles. The number of rotatable bonds is 7. The molecule has 0 amide bonds. The van der Waals surface area contributed by atoms with Crippen molar-refractivity contribution in [2.24, 2.45) is 4.99 Å². The number of likely N-dealkylation sites (tertiary alicyclic amines) is 1. The maximum Gasteiger partial charge on any atom is 0.190 e. The molecule has 2 aromatic rings. The molecule has 0 bridgehead atoms. The van der Waals surface area contributed by atoms with Gasteiger partial charge in [0.2, 0.25) is 0 Å². The van der Waals surface area contributed by atoms with E-state index < -0.39 is 0 Å². The summed E-state index contributed by atoms with van der Waals surface area (Å²) >= 11 is 0. The molecule has 1 atom stereocenters. The van der Waals surface area contributed by atoms with Crippen molar-refractivity contribution < 1.29 is 0 Å². The first-order valence-corrected chi connectivity index (χ1v) is 9.75. The normalized spacial score (nSPS) is 18.3. The fraction of sp³-hybridized carbons (Fsp3) is 0.632. The van der Waals surface area contributed by atoms with Crippen LogP contribution in [0.2, 0.25) is 0 Å². The van der Waals surface area contributed by atoms with Gasteiger partial charge in [0.25, 0.3) is 0 Å². The van der Waals surface area contributed by atoms with Crippen LogP contribution in [0.3, 0.4) is 0 Å². The average Bonchev–Trinajstić information content (AvgIpc) is 3.08. The van der Waals surface area contributed by atoms with Gasteiger partial charge in [-0.15, -0.1) is 34.2 Å². The number of aromatic nitrogens is 3. The van der Waals surface area contributed by atoms with Crippen LogP contribution < -0.4 is 10.6 Å². The van der Waals surface area contributed by atoms with Crippen LogP contribution in [0, 0.1) is 0 Å². The van der Waals surface area contributed by atoms with Gasteiger partial charge < -0.3 is 15.5 Å². The van der Waals surface area contributed by atoms with Crippen LogP contribution in [0.15, 0.2) is 29.4 Å². The summed E-state index contributed by atoms with van der Waals surface area (Å²) < 4.78 is 2.03. The van der Waals surface area contributed by atoms with E-state index in [9.17, 15) is 0 Å². The van der Waals surface area contributed by atoms with Gasteiger partial charge in [-0.25, -0.2) is 0 Å². The number of nitrogens with zero attached hydrogens (tertiary/aromatic N) is 5. The van der Waals surface area contributed by atoms with Crippen LogP contribution >= 0.6 is 24.0 Å². The number of halogens is 1. The van der Waals surface area contributed by atoms with Crippen LogP contribution in [0.4, 0.5) is 0 Å². The van der Waals surface area contributed by atoms with E-state index in [1.54, 1.807) is 0 Å². The van der Waals surface area contributed by atoms with E-state index in [4.69, 9.17) is 0 Å². The minimum atomic E-state index is 0. The van der Waals surface area contributed by atoms with E-state index in [0.29, 0.717) is 0 Å². The minimum absolute atomic E-state index is 0. The molecule has 0 aromatic carbocycles. The minimum Gasteiger partial charge on any atom is -0.356 e. The van der Waals surface area contributed by atoms with Gasteiger partial charge in [-0.05, 0) is 44.9 Å². The Morgan fingerprint density at radius 3 is 2.89 bits per heavy atom. The summed E-state index contributed by atoms with van der Waals surface area (Å²) in [6.45, 7) is 6.48. The van der Waals surface area contributed by atoms with E-state index >= 15 is 0 Å². The Hall–Kier alpha value is -1.42. The van der Waals surface area contributed by atoms with Crippen molar-refractivity contribution in [2.45, 2.75) is 45.1 Å². The molecule has 2 aromatic heterocycles. The zero-order valence-corrected chi connectivity index (χ0v) is 18.7. The Labute approximate surface area is 179 Å². The van der Waals surface area contributed by atoms with Crippen molar-refractivity contribution in [1.29, 1.82) is 0 Å². The third kappa shape index (κ3) is 6.31. The largest absolute Gasteiger partial charge is 0.356 e. The highest BCUT2D eigenvalue weighted by Crippen LogP contribution is 2.16. The number of guanidine groups is 1. The van der Waals surface area contributed by atoms with Crippen molar-refractivity contribution >= 4 is 35.6 Å². The molecular weight excluding hydrogens is 453 g/mol. The molecule has 3 rings (SSSR count). The summed E-state index contributed by atoms with van der Waals surface area (Å²) in [4.78, 5) is 6.92. The van der Waals surface area contributed by atoms with Crippen molar-refractivity contribution in [1.82, 2.24) is 30.1 Å². The number of fused-ring (bicyclic) bond motifs is 1. The monoisotopic (exact) mass is 485 g/mol. The summed E-state index contributed by atoms with van der Waals surface area (Å²) in [6, 6.07) is 6.67. The lowest BCUT2D eigenvalue weighted by Gasteiger charge is -2.33. The molecule has 27 heavy (non-hydrogen) atoms. The Kier molecular flexibility index (Phi) is 9.26. The van der Waals surface area contributed by atoms with Crippen molar-refractivity contribution in [3.63, 3.8) is 0 Å². The highest BCUT2D eigenvalue weighted by molar-refractivity contribution is 14.0. The zero-order chi connectivity index (χ0) is 18.2. The molecule has 7 nitrogen and oxygen atoms in total. The smallest absolute Gasteiger partial charge is 0.190 e. The molecule has 1 aliphatic rings. The molecule has 0 spiro atoms. The van der Waals surface area contributed by atoms with Gasteiger partial charge in [-0.3, -0.25) is 9.39 Å². The first kappa shape index (κ1) is 21.9. The highest BCUT2D eigenvalue weighted by Gasteiger charge is 2.17. The fourth-order valence-electron chi connectivity index (χ4n) is 3.55. The molecule has 0 saturated carbocycles. The van der Waals surface area contributed by atoms with Crippen LogP contribution in [-0.4, -0.2) is 64.7 Å². The topological polar surface area (TPSA) is 69.8 Å². The number of nitrogens with one attached hydrogen (secondary N) is 2. The molecule has 150 valence electrons. The number of piperidine rings is 1. The summed E-state index contributed by atoms with van der Waals surface area (Å²) in [7, 11) is 1.81. The van der Waals surface area contributed by atoms with E-state index in [1.807, 2.05) is 35.8 Å². The zero-order valence-electron chi connectivity index (χ0n) is 16.4. The standard InChI is InChI=1S/C19H31N7.HI/c1-16-8-3-5-13-25(16)14-7-11-21-19(20-2)22-12-10-18-24-23-17-9-4-6-15-26(17)18;/h4,6,9,15-16H,3,5,7-8,10-14H2,1-2H3,(H2,20,21,22);1H. The quantitative estimate of drug-likeness (QED) is 0.273. The first-order valence-electron chi connectivity index (χ1n) is 9.75. The maximum absolute atomic E-state index is 4.31. The third-order valence-corrected chi connectivity index (χ3v) is 5.10. The van der Waals surface area contributed by atoms with Gasteiger partial charge >= 0.3 is 0 Å². The average molecular weight is 485 g/mol. The van der Waals surface area contributed by atoms with E-state index in [2.05, 4.69) is 37.6 Å². The lowest BCUT2D eigenvalue weighted by atomic mass is 10.0. The molecule has 8 heteroatoms. The highest BCUT2D eigenvalue weighted by atomic mass is 127. The van der Waals surface area contributed by atoms with Gasteiger partial charge in [0.1, 0.15) is 5.82 Å². The SMILES string of the molecule is CN=C(NCCCN1CCCCC1C)NCCc1nnc2ccccn12.I. The fourth-order valence-corrected chi connectivity index (χ4v) is 3.55. The first-order chi connectivity index (χ1) is 12.8. The number of pyridine rings is 1. The van der Waals surface area contributed by atoms with Crippen LogP contribution in [0.5, 0.6) is 0 Å². The number of hydrogen-bond acceptors (Lipinski definition) is 4. The summed E-state index contributed by atoms with van der Waals surface area (Å²) in [6.07, 6.45) is 8.01. The Balaban J connectivity index is 0.00000261. The van der Waals surface area contributed by atoms with Crippen LogP contribution in [0.1, 0.15) is 38.4 Å². The summed E-state index contributed by atoms with van der Waals surface area (Å²) in [5.41, 5.74) is 0.886. The lowest BCUT2D eigenvalue weighted by molar-refractivity contribution is 0.159. The Morgan fingerprint density at radius 1 is 1.22 bits per heavy atom. The molecule has 1 unspecified atom stereocenters. The van der Waals surface area contributed by atoms with E-state index in [1.165, 1.54) is 25.8 Å². The predicted octanol–water partition coefficient (Wildman–Crippen LogP) is 2.32. The number of hydrogen-bond donors (Lipinski definition) is 2. The molecule has 2 N–H and O–H groups in total. The number of aliphatic imine (C=N–C) groups is 1. The van der Waals surface area contributed by atoms with Crippen molar-refractivity contribution in [3.8, 4) is 0 Å². The summed E-state index contributed by atoms with van der Waals surface area (Å²) in [5, 5.41) is 15.2. The molecular formula is C19H32IN7. The van der Waals surface area contributed by atoms with Crippen molar-refractivity contribution in [3.05, 3.63) is 30.2 Å². The molecule has 0 radical (unpaired) electrons. The second kappa shape index (κ2) is 11.4. The second-order valence-electron chi connectivity index (χ2n) is 6.96. The molecule has 0 aliphatic carbocycles. The maximum atomic E-state index is 4.31. The molecule has 1 aliphatic heterocycles. The predicted molar refractivity (Wildman–Crippen MR) is 121 cm³/mol. The third-order valence-electron chi connectivity index (χ3n) is 5.10. The second-order valence-corrected chi connectivity index (χ2v) is 6.96.